The molecule has 2 nitrogen and oxygen atoms in total. The molecular weight excluding hydrogens is 241 g/mol. The molecule has 1 aliphatic carbocycles. The maximum atomic E-state index is 12.5. The Morgan fingerprint density at radius 3 is 2.11 bits per heavy atom. The van der Waals surface area contributed by atoms with E-state index in [-0.39, 0.29) is 18.8 Å². The van der Waals surface area contributed by atoms with Crippen LogP contribution in [0.2, 0.25) is 0 Å². The molecule has 0 bridgehead atoms. The normalized spacial score (nSPS) is 25.1. The first kappa shape index (κ1) is 13.3. The highest BCUT2D eigenvalue weighted by molar-refractivity contribution is 5.12. The molecule has 0 aliphatic heterocycles. The second-order valence-electron chi connectivity index (χ2n) is 4.88. The third kappa shape index (κ3) is 3.00. The molecule has 1 aromatic heterocycles. The highest BCUT2D eigenvalue weighted by Gasteiger charge is 2.41. The van der Waals surface area contributed by atoms with E-state index in [1.165, 1.54) is 0 Å². The number of alkyl halides is 3. The van der Waals surface area contributed by atoms with Gasteiger partial charge in [0.1, 0.15) is 5.82 Å². The highest BCUT2D eigenvalue weighted by Crippen LogP contribution is 2.42. The molecule has 0 N–H and O–H groups in total. The van der Waals surface area contributed by atoms with Gasteiger partial charge in [-0.3, -0.25) is 0 Å². The van der Waals surface area contributed by atoms with Crippen LogP contribution in [0.15, 0.2) is 12.4 Å². The molecule has 0 aromatic carbocycles. The van der Waals surface area contributed by atoms with Crippen LogP contribution in [0.5, 0.6) is 0 Å². The molecule has 1 saturated carbocycles. The van der Waals surface area contributed by atoms with E-state index >= 15 is 0 Å². The number of aryl methyl sites for hydroxylation is 1. The molecule has 1 heterocycles. The van der Waals surface area contributed by atoms with Crippen LogP contribution in [0, 0.1) is 5.92 Å². The first-order chi connectivity index (χ1) is 8.50. The maximum absolute atomic E-state index is 12.5. The standard InChI is InChI=1S/C13H17F3N2/c1-2-12-17-7-10(8-18-12)9-3-5-11(6-4-9)13(14,15)16/h7-9,11H,2-6H2,1H3/t9-,11-. The number of hydrogen-bond acceptors (Lipinski definition) is 2. The average Bonchev–Trinajstić information content (AvgIpc) is 2.38. The van der Waals surface area contributed by atoms with Crippen LogP contribution in [-0.4, -0.2) is 16.1 Å². The summed E-state index contributed by atoms with van der Waals surface area (Å²) < 4.78 is 37.6. The maximum Gasteiger partial charge on any atom is 0.391 e. The molecule has 0 saturated heterocycles. The summed E-state index contributed by atoms with van der Waals surface area (Å²) in [5.41, 5.74) is 0.979. The zero-order chi connectivity index (χ0) is 13.2. The Labute approximate surface area is 105 Å². The van der Waals surface area contributed by atoms with E-state index in [2.05, 4.69) is 9.97 Å². The van der Waals surface area contributed by atoms with Crippen LogP contribution >= 0.6 is 0 Å². The predicted molar refractivity (Wildman–Crippen MR) is 62.2 cm³/mol. The van der Waals surface area contributed by atoms with Crippen molar-refractivity contribution in [2.75, 3.05) is 0 Å². The van der Waals surface area contributed by atoms with Crippen molar-refractivity contribution in [3.8, 4) is 0 Å². The van der Waals surface area contributed by atoms with E-state index in [4.69, 9.17) is 0 Å². The molecule has 18 heavy (non-hydrogen) atoms. The summed E-state index contributed by atoms with van der Waals surface area (Å²) in [5, 5.41) is 0. The van der Waals surface area contributed by atoms with Crippen LogP contribution in [0.1, 0.15) is 49.9 Å². The first-order valence-corrected chi connectivity index (χ1v) is 6.38. The minimum Gasteiger partial charge on any atom is -0.241 e. The van der Waals surface area contributed by atoms with Gasteiger partial charge in [-0.25, -0.2) is 9.97 Å². The molecule has 1 aliphatic rings. The molecule has 1 aromatic rings. The molecular formula is C13H17F3N2. The molecule has 0 radical (unpaired) electrons. The minimum atomic E-state index is -4.03. The summed E-state index contributed by atoms with van der Waals surface area (Å²) >= 11 is 0. The lowest BCUT2D eigenvalue weighted by atomic mass is 9.79. The third-order valence-electron chi connectivity index (χ3n) is 3.70. The van der Waals surface area contributed by atoms with E-state index < -0.39 is 12.1 Å². The van der Waals surface area contributed by atoms with Crippen molar-refractivity contribution in [2.45, 2.75) is 51.1 Å². The first-order valence-electron chi connectivity index (χ1n) is 6.38. The molecule has 0 atom stereocenters. The topological polar surface area (TPSA) is 25.8 Å². The Morgan fingerprint density at radius 1 is 1.11 bits per heavy atom. The summed E-state index contributed by atoms with van der Waals surface area (Å²) in [4.78, 5) is 8.41. The van der Waals surface area contributed by atoms with Crippen molar-refractivity contribution in [3.05, 3.63) is 23.8 Å². The van der Waals surface area contributed by atoms with E-state index in [9.17, 15) is 13.2 Å². The van der Waals surface area contributed by atoms with Crippen LogP contribution in [0.3, 0.4) is 0 Å². The fraction of sp³-hybridized carbons (Fsp3) is 0.692. The lowest BCUT2D eigenvalue weighted by molar-refractivity contribution is -0.182. The molecule has 0 amide bonds. The monoisotopic (exact) mass is 258 g/mol. The lowest BCUT2D eigenvalue weighted by Gasteiger charge is -2.29. The second-order valence-corrected chi connectivity index (χ2v) is 4.88. The third-order valence-corrected chi connectivity index (χ3v) is 3.70. The van der Waals surface area contributed by atoms with Gasteiger partial charge >= 0.3 is 6.18 Å². The van der Waals surface area contributed by atoms with Gasteiger partial charge in [-0.2, -0.15) is 13.2 Å². The smallest absolute Gasteiger partial charge is 0.241 e. The van der Waals surface area contributed by atoms with Crippen molar-refractivity contribution >= 4 is 0 Å². The molecule has 0 spiro atoms. The van der Waals surface area contributed by atoms with Gasteiger partial charge in [-0.15, -0.1) is 0 Å². The van der Waals surface area contributed by atoms with Gasteiger partial charge in [0.05, 0.1) is 5.92 Å². The molecule has 0 unspecified atom stereocenters. The number of hydrogen-bond donors (Lipinski definition) is 0. The Hall–Kier alpha value is -1.13. The molecule has 2 rings (SSSR count). The van der Waals surface area contributed by atoms with Crippen LogP contribution in [0.25, 0.3) is 0 Å². The fourth-order valence-electron chi connectivity index (χ4n) is 2.51. The Morgan fingerprint density at radius 2 is 1.67 bits per heavy atom. The zero-order valence-corrected chi connectivity index (χ0v) is 10.4. The number of nitrogens with zero attached hydrogens (tertiary/aromatic N) is 2. The number of halogens is 3. The number of rotatable bonds is 2. The van der Waals surface area contributed by atoms with E-state index in [0.717, 1.165) is 17.8 Å². The van der Waals surface area contributed by atoms with Gasteiger partial charge in [0.2, 0.25) is 0 Å². The van der Waals surface area contributed by atoms with Crippen molar-refractivity contribution in [3.63, 3.8) is 0 Å². The summed E-state index contributed by atoms with van der Waals surface area (Å²) in [7, 11) is 0. The second kappa shape index (κ2) is 5.24. The molecule has 1 fully saturated rings. The van der Waals surface area contributed by atoms with Crippen LogP contribution in [0.4, 0.5) is 13.2 Å². The highest BCUT2D eigenvalue weighted by atomic mass is 19.4. The fourth-order valence-corrected chi connectivity index (χ4v) is 2.51. The van der Waals surface area contributed by atoms with Crippen LogP contribution < -0.4 is 0 Å². The number of aromatic nitrogens is 2. The Kier molecular flexibility index (Phi) is 3.88. The van der Waals surface area contributed by atoms with Crippen molar-refractivity contribution in [1.82, 2.24) is 9.97 Å². The summed E-state index contributed by atoms with van der Waals surface area (Å²) in [6.07, 6.45) is 1.90. The van der Waals surface area contributed by atoms with Gasteiger partial charge < -0.3 is 0 Å². The molecule has 100 valence electrons. The Balaban J connectivity index is 1.96. The van der Waals surface area contributed by atoms with Crippen molar-refractivity contribution in [1.29, 1.82) is 0 Å². The minimum absolute atomic E-state index is 0.189. The lowest BCUT2D eigenvalue weighted by Crippen LogP contribution is -2.27. The van der Waals surface area contributed by atoms with Gasteiger partial charge in [0.15, 0.2) is 0 Å². The van der Waals surface area contributed by atoms with Gasteiger partial charge in [0, 0.05) is 18.8 Å². The zero-order valence-electron chi connectivity index (χ0n) is 10.4. The average molecular weight is 258 g/mol. The summed E-state index contributed by atoms with van der Waals surface area (Å²) in [6, 6.07) is 0. The molecule has 5 heteroatoms. The van der Waals surface area contributed by atoms with Crippen LogP contribution in [-0.2, 0) is 6.42 Å². The SMILES string of the molecule is CCc1ncc([C@H]2CC[C@H](C(F)(F)F)CC2)cn1. The van der Waals surface area contributed by atoms with Gasteiger partial charge in [-0.1, -0.05) is 6.92 Å². The van der Waals surface area contributed by atoms with Gasteiger partial charge in [0.25, 0.3) is 0 Å². The van der Waals surface area contributed by atoms with E-state index in [1.807, 2.05) is 6.92 Å². The van der Waals surface area contributed by atoms with Crippen molar-refractivity contribution < 1.29 is 13.2 Å². The largest absolute Gasteiger partial charge is 0.391 e. The van der Waals surface area contributed by atoms with E-state index in [0.29, 0.717) is 12.8 Å². The van der Waals surface area contributed by atoms with Gasteiger partial charge in [-0.05, 0) is 37.2 Å². The van der Waals surface area contributed by atoms with Crippen molar-refractivity contribution in [2.24, 2.45) is 5.92 Å². The summed E-state index contributed by atoms with van der Waals surface area (Å²) in [6.45, 7) is 1.98. The van der Waals surface area contributed by atoms with E-state index in [1.54, 1.807) is 12.4 Å². The quantitative estimate of drug-likeness (QED) is 0.804. The predicted octanol–water partition coefficient (Wildman–Crippen LogP) is 3.88. The Bertz CT molecular complexity index is 378. The summed E-state index contributed by atoms with van der Waals surface area (Å²) in [5.74, 6) is -0.151.